The number of hydrogen-bond donors (Lipinski definition) is 0. The van der Waals surface area contributed by atoms with Crippen LogP contribution in [0.4, 0.5) is 5.69 Å². The van der Waals surface area contributed by atoms with Crippen molar-refractivity contribution in [3.05, 3.63) is 54.0 Å². The van der Waals surface area contributed by atoms with Gasteiger partial charge in [-0.2, -0.15) is 5.10 Å². The van der Waals surface area contributed by atoms with Crippen LogP contribution in [0.25, 0.3) is 10.9 Å². The number of aromatic nitrogens is 3. The molecule has 4 heteroatoms. The molecule has 1 aliphatic rings. The van der Waals surface area contributed by atoms with Gasteiger partial charge in [0.05, 0.1) is 11.7 Å². The third kappa shape index (κ3) is 2.77. The molecule has 24 heavy (non-hydrogen) atoms. The summed E-state index contributed by atoms with van der Waals surface area (Å²) in [4.78, 5) is 7.31. The Hall–Kier alpha value is -2.36. The topological polar surface area (TPSA) is 34.0 Å². The molecule has 0 spiro atoms. The van der Waals surface area contributed by atoms with E-state index in [-0.39, 0.29) is 0 Å². The Morgan fingerprint density at radius 3 is 2.67 bits per heavy atom. The van der Waals surface area contributed by atoms with Crippen LogP contribution in [-0.4, -0.2) is 27.9 Å². The largest absolute Gasteiger partial charge is 0.371 e. The maximum absolute atomic E-state index is 4.78. The number of fused-ring (bicyclic) bond motifs is 1. The fraction of sp³-hybridized carbons (Fsp3) is 0.400. The van der Waals surface area contributed by atoms with Crippen molar-refractivity contribution in [2.24, 2.45) is 7.05 Å². The molecule has 0 N–H and O–H groups in total. The van der Waals surface area contributed by atoms with Crippen LogP contribution in [0, 0.1) is 0 Å². The van der Waals surface area contributed by atoms with Gasteiger partial charge < -0.3 is 4.90 Å². The Balaban J connectivity index is 1.60. The number of pyridine rings is 1. The second-order valence-corrected chi connectivity index (χ2v) is 6.71. The first-order valence-electron chi connectivity index (χ1n) is 8.86. The molecule has 0 atom stereocenters. The van der Waals surface area contributed by atoms with Crippen molar-refractivity contribution in [1.82, 2.24) is 14.8 Å². The van der Waals surface area contributed by atoms with Crippen molar-refractivity contribution in [1.29, 1.82) is 0 Å². The van der Waals surface area contributed by atoms with Gasteiger partial charge in [-0.05, 0) is 42.9 Å². The van der Waals surface area contributed by atoms with Crippen LogP contribution in [0.15, 0.2) is 42.7 Å². The van der Waals surface area contributed by atoms with E-state index >= 15 is 0 Å². The van der Waals surface area contributed by atoms with Crippen LogP contribution in [-0.2, 0) is 13.5 Å². The number of hydrogen-bond acceptors (Lipinski definition) is 3. The molecule has 1 saturated heterocycles. The number of piperidine rings is 1. The predicted molar refractivity (Wildman–Crippen MR) is 98.5 cm³/mol. The first-order valence-corrected chi connectivity index (χ1v) is 8.86. The van der Waals surface area contributed by atoms with Gasteiger partial charge in [0.2, 0.25) is 0 Å². The minimum atomic E-state index is 0.633. The normalized spacial score (nSPS) is 16.0. The van der Waals surface area contributed by atoms with E-state index < -0.39 is 0 Å². The van der Waals surface area contributed by atoms with Gasteiger partial charge in [-0.25, -0.2) is 0 Å². The summed E-state index contributed by atoms with van der Waals surface area (Å²) in [5.74, 6) is 0.633. The summed E-state index contributed by atoms with van der Waals surface area (Å²) in [6.07, 6.45) is 7.53. The van der Waals surface area contributed by atoms with Gasteiger partial charge in [-0.15, -0.1) is 0 Å². The molecule has 0 bridgehead atoms. The zero-order valence-corrected chi connectivity index (χ0v) is 14.4. The average Bonchev–Trinajstić information content (AvgIpc) is 3.07. The highest BCUT2D eigenvalue weighted by Gasteiger charge is 2.23. The molecule has 1 fully saturated rings. The molecule has 0 unspecified atom stereocenters. The smallest absolute Gasteiger partial charge is 0.0726 e. The number of nitrogens with zero attached hydrogens (tertiary/aromatic N) is 4. The number of aryl methyl sites for hydroxylation is 2. The third-order valence-electron chi connectivity index (χ3n) is 5.14. The van der Waals surface area contributed by atoms with Gasteiger partial charge in [-0.3, -0.25) is 9.67 Å². The van der Waals surface area contributed by atoms with E-state index in [1.165, 1.54) is 35.2 Å². The van der Waals surface area contributed by atoms with Crippen molar-refractivity contribution < 1.29 is 0 Å². The molecule has 4 nitrogen and oxygen atoms in total. The zero-order chi connectivity index (χ0) is 16.5. The van der Waals surface area contributed by atoms with Crippen LogP contribution in [0.2, 0.25) is 0 Å². The van der Waals surface area contributed by atoms with Gasteiger partial charge in [-0.1, -0.05) is 25.1 Å². The SMILES string of the molecule is CCc1cc(N2CCC(c3cnn(C)c3)CC2)c2ccccc2n1. The summed E-state index contributed by atoms with van der Waals surface area (Å²) in [6.45, 7) is 4.36. The number of benzene rings is 1. The Labute approximate surface area is 143 Å². The second-order valence-electron chi connectivity index (χ2n) is 6.71. The van der Waals surface area contributed by atoms with Crippen LogP contribution in [0.3, 0.4) is 0 Å². The molecule has 4 rings (SSSR count). The minimum absolute atomic E-state index is 0.633. The maximum Gasteiger partial charge on any atom is 0.0726 e. The second kappa shape index (κ2) is 6.27. The van der Waals surface area contributed by atoms with E-state index in [9.17, 15) is 0 Å². The van der Waals surface area contributed by atoms with Crippen LogP contribution in [0.1, 0.15) is 36.9 Å². The summed E-state index contributed by atoms with van der Waals surface area (Å²) in [5.41, 5.74) is 5.02. The lowest BCUT2D eigenvalue weighted by Crippen LogP contribution is -2.33. The van der Waals surface area contributed by atoms with Crippen molar-refractivity contribution in [2.45, 2.75) is 32.1 Å². The summed E-state index contributed by atoms with van der Waals surface area (Å²) in [7, 11) is 1.99. The molecule has 2 aromatic heterocycles. The summed E-state index contributed by atoms with van der Waals surface area (Å²) >= 11 is 0. The monoisotopic (exact) mass is 320 g/mol. The van der Waals surface area contributed by atoms with Gasteiger partial charge in [0.25, 0.3) is 0 Å². The zero-order valence-electron chi connectivity index (χ0n) is 14.4. The molecule has 124 valence electrons. The molecule has 0 radical (unpaired) electrons. The average molecular weight is 320 g/mol. The highest BCUT2D eigenvalue weighted by Crippen LogP contribution is 2.33. The fourth-order valence-corrected chi connectivity index (χ4v) is 3.76. The van der Waals surface area contributed by atoms with E-state index in [0.717, 1.165) is 25.0 Å². The van der Waals surface area contributed by atoms with E-state index in [1.807, 2.05) is 17.9 Å². The molecule has 3 heterocycles. The van der Waals surface area contributed by atoms with E-state index in [4.69, 9.17) is 4.98 Å². The Morgan fingerprint density at radius 1 is 1.17 bits per heavy atom. The lowest BCUT2D eigenvalue weighted by atomic mass is 9.91. The highest BCUT2D eigenvalue weighted by molar-refractivity contribution is 5.92. The molecular formula is C20H24N4. The molecule has 0 amide bonds. The molecule has 0 aliphatic carbocycles. The van der Waals surface area contributed by atoms with Gasteiger partial charge in [0, 0.05) is 43.1 Å². The summed E-state index contributed by atoms with van der Waals surface area (Å²) in [6, 6.07) is 10.8. The molecule has 1 aliphatic heterocycles. The first-order chi connectivity index (χ1) is 11.7. The van der Waals surface area contributed by atoms with E-state index in [0.29, 0.717) is 5.92 Å². The number of anilines is 1. The maximum atomic E-state index is 4.78. The van der Waals surface area contributed by atoms with Gasteiger partial charge in [0.1, 0.15) is 0 Å². The van der Waals surface area contributed by atoms with Crippen molar-refractivity contribution in [3.8, 4) is 0 Å². The van der Waals surface area contributed by atoms with Gasteiger partial charge in [0.15, 0.2) is 0 Å². The van der Waals surface area contributed by atoms with Gasteiger partial charge >= 0.3 is 0 Å². The lowest BCUT2D eigenvalue weighted by molar-refractivity contribution is 0.506. The highest BCUT2D eigenvalue weighted by atomic mass is 15.2. The molecule has 1 aromatic carbocycles. The van der Waals surface area contributed by atoms with Crippen LogP contribution in [0.5, 0.6) is 0 Å². The Bertz CT molecular complexity index is 844. The number of para-hydroxylation sites is 1. The first kappa shape index (κ1) is 15.2. The van der Waals surface area contributed by atoms with E-state index in [2.05, 4.69) is 53.5 Å². The quantitative estimate of drug-likeness (QED) is 0.733. The molecule has 0 saturated carbocycles. The van der Waals surface area contributed by atoms with Crippen LogP contribution >= 0.6 is 0 Å². The standard InChI is InChI=1S/C20H24N4/c1-3-17-12-20(18-6-4-5-7-19(18)22-17)24-10-8-15(9-11-24)16-13-21-23(2)14-16/h4-7,12-15H,3,8-11H2,1-2H3. The third-order valence-corrected chi connectivity index (χ3v) is 5.14. The summed E-state index contributed by atoms with van der Waals surface area (Å²) < 4.78 is 1.91. The van der Waals surface area contributed by atoms with E-state index in [1.54, 1.807) is 0 Å². The lowest BCUT2D eigenvalue weighted by Gasteiger charge is -2.34. The predicted octanol–water partition coefficient (Wildman–Crippen LogP) is 3.91. The van der Waals surface area contributed by atoms with Crippen molar-refractivity contribution in [2.75, 3.05) is 18.0 Å². The molecule has 3 aromatic rings. The van der Waals surface area contributed by atoms with Crippen LogP contribution < -0.4 is 4.90 Å². The summed E-state index contributed by atoms with van der Waals surface area (Å²) in [5, 5.41) is 5.60. The molecular weight excluding hydrogens is 296 g/mol. The minimum Gasteiger partial charge on any atom is -0.371 e. The van der Waals surface area contributed by atoms with Crippen molar-refractivity contribution in [3.63, 3.8) is 0 Å². The fourth-order valence-electron chi connectivity index (χ4n) is 3.76. The Morgan fingerprint density at radius 2 is 1.96 bits per heavy atom. The number of rotatable bonds is 3. The Kier molecular flexibility index (Phi) is 3.97. The van der Waals surface area contributed by atoms with Crippen molar-refractivity contribution >= 4 is 16.6 Å².